The van der Waals surface area contributed by atoms with Crippen molar-refractivity contribution < 1.29 is 22.9 Å². The molecule has 2 aromatic rings. The van der Waals surface area contributed by atoms with Gasteiger partial charge in [-0.25, -0.2) is 8.42 Å². The van der Waals surface area contributed by atoms with E-state index in [1.807, 2.05) is 10.3 Å². The molecule has 0 aromatic heterocycles. The molecule has 26 heavy (non-hydrogen) atoms. The molecule has 0 radical (unpaired) electrons. The third kappa shape index (κ3) is 4.62. The smallest absolute Gasteiger partial charge is 0.289 e. The van der Waals surface area contributed by atoms with Gasteiger partial charge in [0.1, 0.15) is 0 Å². The van der Waals surface area contributed by atoms with Crippen molar-refractivity contribution in [3.8, 4) is 0 Å². The Morgan fingerprint density at radius 2 is 1.65 bits per heavy atom. The lowest BCUT2D eigenvalue weighted by Gasteiger charge is -2.09. The van der Waals surface area contributed by atoms with Gasteiger partial charge in [0.25, 0.3) is 21.6 Å². The molecule has 0 unspecified atom stereocenters. The van der Waals surface area contributed by atoms with Gasteiger partial charge in [-0.2, -0.15) is 0 Å². The Balaban J connectivity index is 2.11. The summed E-state index contributed by atoms with van der Waals surface area (Å²) in [5.74, 6) is -1.05. The quantitative estimate of drug-likeness (QED) is 0.508. The van der Waals surface area contributed by atoms with Crippen LogP contribution >= 0.6 is 0 Å². The second-order valence-electron chi connectivity index (χ2n) is 5.04. The molecule has 0 heterocycles. The molecule has 0 bridgehead atoms. The predicted octanol–water partition coefficient (Wildman–Crippen LogP) is 1.18. The van der Waals surface area contributed by atoms with Gasteiger partial charge >= 0.3 is 0 Å². The van der Waals surface area contributed by atoms with Crippen LogP contribution in [0.15, 0.2) is 53.4 Å². The summed E-state index contributed by atoms with van der Waals surface area (Å²) in [6, 6.07) is 10.4. The molecule has 0 aliphatic heterocycles. The van der Waals surface area contributed by atoms with Gasteiger partial charge in [-0.1, -0.05) is 12.1 Å². The number of anilines is 1. The molecule has 10 nitrogen and oxygen atoms in total. The molecule has 2 rings (SSSR count). The zero-order valence-electron chi connectivity index (χ0n) is 13.4. The van der Waals surface area contributed by atoms with E-state index in [4.69, 9.17) is 0 Å². The normalized spacial score (nSPS) is 10.8. The number of hydrogen-bond donors (Lipinski definition) is 3. The second-order valence-corrected chi connectivity index (χ2v) is 6.69. The highest BCUT2D eigenvalue weighted by Gasteiger charge is 2.25. The zero-order chi connectivity index (χ0) is 19.3. The largest absolute Gasteiger partial charge is 0.326 e. The van der Waals surface area contributed by atoms with Crippen LogP contribution in [0.4, 0.5) is 11.4 Å². The average Bonchev–Trinajstić information content (AvgIpc) is 2.60. The fraction of sp³-hybridized carbons (Fsp3) is 0.0667. The van der Waals surface area contributed by atoms with Gasteiger partial charge in [0.15, 0.2) is 4.90 Å². The molecule has 136 valence electrons. The number of carbonyl (C=O) groups excluding carboxylic acids is 2. The summed E-state index contributed by atoms with van der Waals surface area (Å²) < 4.78 is 24.4. The zero-order valence-corrected chi connectivity index (χ0v) is 14.2. The lowest BCUT2D eigenvalue weighted by atomic mass is 10.2. The van der Waals surface area contributed by atoms with Crippen molar-refractivity contribution in [2.45, 2.75) is 11.8 Å². The van der Waals surface area contributed by atoms with Crippen LogP contribution in [0, 0.1) is 10.1 Å². The molecule has 0 fully saturated rings. The number of amides is 2. The van der Waals surface area contributed by atoms with Crippen molar-refractivity contribution in [3.05, 3.63) is 64.2 Å². The highest BCUT2D eigenvalue weighted by atomic mass is 32.2. The fourth-order valence-electron chi connectivity index (χ4n) is 1.98. The second kappa shape index (κ2) is 7.72. The minimum absolute atomic E-state index is 0.115. The molecule has 0 atom stereocenters. The van der Waals surface area contributed by atoms with E-state index in [0.29, 0.717) is 5.69 Å². The number of nitro benzene ring substituents is 1. The number of hydrazine groups is 1. The number of benzene rings is 2. The summed E-state index contributed by atoms with van der Waals surface area (Å²) in [4.78, 5) is 34.3. The van der Waals surface area contributed by atoms with Gasteiger partial charge in [-0.3, -0.25) is 25.1 Å². The van der Waals surface area contributed by atoms with Gasteiger partial charge in [-0.15, -0.1) is 4.83 Å². The van der Waals surface area contributed by atoms with Gasteiger partial charge in [-0.05, 0) is 30.3 Å². The third-order valence-electron chi connectivity index (χ3n) is 3.12. The molecule has 0 aliphatic rings. The van der Waals surface area contributed by atoms with Crippen LogP contribution in [-0.4, -0.2) is 25.2 Å². The predicted molar refractivity (Wildman–Crippen MR) is 91.6 cm³/mol. The van der Waals surface area contributed by atoms with E-state index in [1.165, 1.54) is 43.3 Å². The molecule has 0 spiro atoms. The van der Waals surface area contributed by atoms with E-state index in [9.17, 15) is 28.1 Å². The number of rotatable bonds is 6. The molecule has 2 amide bonds. The van der Waals surface area contributed by atoms with Crippen molar-refractivity contribution in [1.82, 2.24) is 10.3 Å². The molecule has 2 aromatic carbocycles. The number of nitro groups is 1. The van der Waals surface area contributed by atoms with Crippen molar-refractivity contribution in [2.75, 3.05) is 5.32 Å². The van der Waals surface area contributed by atoms with Gasteiger partial charge in [0, 0.05) is 24.2 Å². The minimum Gasteiger partial charge on any atom is -0.326 e. The Bertz CT molecular complexity index is 956. The van der Waals surface area contributed by atoms with Crippen LogP contribution in [-0.2, 0) is 14.8 Å². The lowest BCUT2D eigenvalue weighted by molar-refractivity contribution is -0.387. The van der Waals surface area contributed by atoms with Crippen LogP contribution < -0.4 is 15.6 Å². The topological polar surface area (TPSA) is 148 Å². The summed E-state index contributed by atoms with van der Waals surface area (Å²) in [7, 11) is -4.34. The van der Waals surface area contributed by atoms with E-state index in [2.05, 4.69) is 5.32 Å². The van der Waals surface area contributed by atoms with Crippen molar-refractivity contribution in [1.29, 1.82) is 0 Å². The Labute approximate surface area is 148 Å². The molecule has 3 N–H and O–H groups in total. The van der Waals surface area contributed by atoms with Gasteiger partial charge < -0.3 is 5.32 Å². The van der Waals surface area contributed by atoms with Gasteiger partial charge in [0.05, 0.1) is 4.92 Å². The Kier molecular flexibility index (Phi) is 5.64. The maximum absolute atomic E-state index is 12.2. The standard InChI is InChI=1S/C15H14N4O6S/c1-10(20)16-12-8-6-11(7-9-12)15(21)17-18-26(24,25)14-5-3-2-4-13(14)19(22)23/h2-9,18H,1H3,(H,16,20)(H,17,21). The maximum atomic E-state index is 12.2. The van der Waals surface area contributed by atoms with Gasteiger partial charge in [0.2, 0.25) is 5.91 Å². The Hall–Kier alpha value is -3.31. The minimum atomic E-state index is -4.34. The molecule has 11 heteroatoms. The first-order chi connectivity index (χ1) is 12.2. The van der Waals surface area contributed by atoms with Crippen LogP contribution in [0.1, 0.15) is 17.3 Å². The van der Waals surface area contributed by atoms with E-state index in [0.717, 1.165) is 12.1 Å². The maximum Gasteiger partial charge on any atom is 0.289 e. The summed E-state index contributed by atoms with van der Waals surface area (Å²) in [6.07, 6.45) is 0. The lowest BCUT2D eigenvalue weighted by Crippen LogP contribution is -2.41. The monoisotopic (exact) mass is 378 g/mol. The van der Waals surface area contributed by atoms with Crippen LogP contribution in [0.3, 0.4) is 0 Å². The number of nitrogens with zero attached hydrogens (tertiary/aromatic N) is 1. The number of sulfonamides is 1. The van der Waals surface area contributed by atoms with E-state index >= 15 is 0 Å². The molecule has 0 saturated carbocycles. The highest BCUT2D eigenvalue weighted by Crippen LogP contribution is 2.22. The number of carbonyl (C=O) groups is 2. The van der Waals surface area contributed by atoms with Crippen LogP contribution in [0.2, 0.25) is 0 Å². The van der Waals surface area contributed by atoms with Crippen molar-refractivity contribution in [3.63, 3.8) is 0 Å². The third-order valence-corrected chi connectivity index (χ3v) is 4.41. The summed E-state index contributed by atoms with van der Waals surface area (Å²) >= 11 is 0. The Morgan fingerprint density at radius 3 is 2.23 bits per heavy atom. The number of para-hydroxylation sites is 1. The van der Waals surface area contributed by atoms with Crippen LogP contribution in [0.5, 0.6) is 0 Å². The molecular weight excluding hydrogens is 364 g/mol. The fourth-order valence-corrected chi connectivity index (χ4v) is 3.00. The first-order valence-electron chi connectivity index (χ1n) is 7.14. The summed E-state index contributed by atoms with van der Waals surface area (Å²) in [5, 5.41) is 13.5. The number of nitrogens with one attached hydrogen (secondary N) is 3. The Morgan fingerprint density at radius 1 is 1.04 bits per heavy atom. The first kappa shape index (κ1) is 19.0. The van der Waals surface area contributed by atoms with E-state index < -0.39 is 31.4 Å². The molecular formula is C15H14N4O6S. The number of hydrogen-bond acceptors (Lipinski definition) is 6. The first-order valence-corrected chi connectivity index (χ1v) is 8.62. The van der Waals surface area contributed by atoms with E-state index in [1.54, 1.807) is 0 Å². The van der Waals surface area contributed by atoms with Crippen LogP contribution in [0.25, 0.3) is 0 Å². The highest BCUT2D eigenvalue weighted by molar-refractivity contribution is 7.89. The molecule has 0 saturated heterocycles. The SMILES string of the molecule is CC(=O)Nc1ccc(C(=O)NNS(=O)(=O)c2ccccc2[N+](=O)[O-])cc1. The van der Waals surface area contributed by atoms with E-state index in [-0.39, 0.29) is 11.5 Å². The average molecular weight is 378 g/mol. The molecule has 0 aliphatic carbocycles. The van der Waals surface area contributed by atoms with Crippen molar-refractivity contribution in [2.24, 2.45) is 0 Å². The summed E-state index contributed by atoms with van der Waals surface area (Å²) in [5.41, 5.74) is 1.94. The van der Waals surface area contributed by atoms with Crippen molar-refractivity contribution >= 4 is 33.2 Å². The summed E-state index contributed by atoms with van der Waals surface area (Å²) in [6.45, 7) is 1.33.